The van der Waals surface area contributed by atoms with Crippen LogP contribution < -0.4 is 5.32 Å². The van der Waals surface area contributed by atoms with E-state index in [0.29, 0.717) is 11.8 Å². The third-order valence-electron chi connectivity index (χ3n) is 4.44. The van der Waals surface area contributed by atoms with Gasteiger partial charge < -0.3 is 5.32 Å². The molecule has 112 valence electrons. The van der Waals surface area contributed by atoms with Crippen molar-refractivity contribution in [3.8, 4) is 0 Å². The predicted molar refractivity (Wildman–Crippen MR) is 87.6 cm³/mol. The summed E-state index contributed by atoms with van der Waals surface area (Å²) in [6, 6.07) is 4.27. The number of rotatable bonds is 4. The summed E-state index contributed by atoms with van der Waals surface area (Å²) >= 11 is 6.08. The fraction of sp³-hybridized carbons (Fsp3) is 0.706. The molecule has 1 aliphatic carbocycles. The zero-order valence-corrected chi connectivity index (χ0v) is 13.7. The number of aromatic nitrogens is 1. The van der Waals surface area contributed by atoms with Crippen LogP contribution in [0.5, 0.6) is 0 Å². The van der Waals surface area contributed by atoms with Gasteiger partial charge in [0.25, 0.3) is 0 Å². The third kappa shape index (κ3) is 4.12. The normalized spacial score (nSPS) is 23.6. The molecule has 1 N–H and O–H groups in total. The highest BCUT2D eigenvalue weighted by molar-refractivity contribution is 6.18. The summed E-state index contributed by atoms with van der Waals surface area (Å²) in [7, 11) is 0. The molecule has 1 saturated carbocycles. The first kappa shape index (κ1) is 15.6. The second kappa shape index (κ2) is 6.80. The van der Waals surface area contributed by atoms with Crippen LogP contribution in [0.25, 0.3) is 0 Å². The van der Waals surface area contributed by atoms with Crippen molar-refractivity contribution in [3.63, 3.8) is 0 Å². The van der Waals surface area contributed by atoms with Gasteiger partial charge in [0.1, 0.15) is 5.82 Å². The molecule has 0 radical (unpaired) electrons. The standard InChI is InChI=1S/C17H27ClN2/c1-17(2,3)15-8-9-16(20-12-15)19-11-14-7-5-4-6-13(14)10-18/h8-9,12-14H,4-7,10-11H2,1-3H3,(H,19,20). The maximum atomic E-state index is 6.08. The fourth-order valence-corrected chi connectivity index (χ4v) is 3.34. The molecule has 0 amide bonds. The van der Waals surface area contributed by atoms with Gasteiger partial charge in [-0.25, -0.2) is 4.98 Å². The van der Waals surface area contributed by atoms with Gasteiger partial charge in [0.05, 0.1) is 0 Å². The SMILES string of the molecule is CC(C)(C)c1ccc(NCC2CCCCC2CCl)nc1. The highest BCUT2D eigenvalue weighted by atomic mass is 35.5. The number of anilines is 1. The van der Waals surface area contributed by atoms with Crippen molar-refractivity contribution in [2.24, 2.45) is 11.8 Å². The van der Waals surface area contributed by atoms with Crippen LogP contribution in [0, 0.1) is 11.8 Å². The molecule has 0 aromatic carbocycles. The Labute approximate surface area is 128 Å². The molecule has 1 heterocycles. The van der Waals surface area contributed by atoms with E-state index in [-0.39, 0.29) is 5.41 Å². The molecule has 0 saturated heterocycles. The molecule has 20 heavy (non-hydrogen) atoms. The Bertz CT molecular complexity index is 408. The Kier molecular flexibility index (Phi) is 5.31. The van der Waals surface area contributed by atoms with E-state index in [1.165, 1.54) is 31.2 Å². The van der Waals surface area contributed by atoms with Crippen LogP contribution in [0.15, 0.2) is 18.3 Å². The number of nitrogens with one attached hydrogen (secondary N) is 1. The third-order valence-corrected chi connectivity index (χ3v) is 4.84. The van der Waals surface area contributed by atoms with Gasteiger partial charge >= 0.3 is 0 Å². The maximum Gasteiger partial charge on any atom is 0.125 e. The fourth-order valence-electron chi connectivity index (χ4n) is 2.93. The number of nitrogens with zero attached hydrogens (tertiary/aromatic N) is 1. The number of hydrogen-bond donors (Lipinski definition) is 1. The lowest BCUT2D eigenvalue weighted by Gasteiger charge is -2.30. The van der Waals surface area contributed by atoms with E-state index < -0.39 is 0 Å². The Balaban J connectivity index is 1.90. The summed E-state index contributed by atoms with van der Waals surface area (Å²) in [5, 5.41) is 3.49. The first-order valence-electron chi connectivity index (χ1n) is 7.77. The summed E-state index contributed by atoms with van der Waals surface area (Å²) in [5.41, 5.74) is 1.44. The topological polar surface area (TPSA) is 24.9 Å². The van der Waals surface area contributed by atoms with Gasteiger partial charge in [-0.3, -0.25) is 0 Å². The number of halogens is 1. The maximum absolute atomic E-state index is 6.08. The lowest BCUT2D eigenvalue weighted by molar-refractivity contribution is 0.272. The molecule has 1 fully saturated rings. The Hall–Kier alpha value is -0.760. The predicted octanol–water partition coefficient (Wildman–Crippen LogP) is 4.84. The van der Waals surface area contributed by atoms with Gasteiger partial charge in [-0.05, 0) is 41.7 Å². The van der Waals surface area contributed by atoms with E-state index >= 15 is 0 Å². The van der Waals surface area contributed by atoms with Gasteiger partial charge in [-0.2, -0.15) is 0 Å². The molecule has 1 aromatic heterocycles. The molecule has 0 spiro atoms. The van der Waals surface area contributed by atoms with E-state index in [1.807, 2.05) is 6.20 Å². The van der Waals surface area contributed by atoms with Crippen LogP contribution in [0.2, 0.25) is 0 Å². The van der Waals surface area contributed by atoms with Crippen molar-refractivity contribution < 1.29 is 0 Å². The smallest absolute Gasteiger partial charge is 0.125 e. The van der Waals surface area contributed by atoms with Crippen molar-refractivity contribution in [3.05, 3.63) is 23.9 Å². The molecule has 0 aliphatic heterocycles. The van der Waals surface area contributed by atoms with Gasteiger partial charge in [0.2, 0.25) is 0 Å². The molecule has 2 nitrogen and oxygen atoms in total. The zero-order chi connectivity index (χ0) is 14.6. The molecule has 0 bridgehead atoms. The minimum Gasteiger partial charge on any atom is -0.370 e. The molecular formula is C17H27ClN2. The second-order valence-electron chi connectivity index (χ2n) is 7.02. The van der Waals surface area contributed by atoms with Crippen LogP contribution >= 0.6 is 11.6 Å². The Morgan fingerprint density at radius 3 is 2.45 bits per heavy atom. The number of pyridine rings is 1. The van der Waals surface area contributed by atoms with Crippen LogP contribution in [-0.2, 0) is 5.41 Å². The average Bonchev–Trinajstić information content (AvgIpc) is 2.45. The molecule has 2 atom stereocenters. The van der Waals surface area contributed by atoms with Crippen molar-refractivity contribution in [1.82, 2.24) is 4.98 Å². The number of hydrogen-bond acceptors (Lipinski definition) is 2. The molecular weight excluding hydrogens is 268 g/mol. The molecule has 2 unspecified atom stereocenters. The monoisotopic (exact) mass is 294 g/mol. The van der Waals surface area contributed by atoms with Crippen LogP contribution in [0.3, 0.4) is 0 Å². The lowest BCUT2D eigenvalue weighted by atomic mass is 9.80. The van der Waals surface area contributed by atoms with E-state index in [9.17, 15) is 0 Å². The van der Waals surface area contributed by atoms with E-state index in [4.69, 9.17) is 11.6 Å². The van der Waals surface area contributed by atoms with E-state index in [2.05, 4.69) is 43.2 Å². The molecule has 3 heteroatoms. The summed E-state index contributed by atoms with van der Waals surface area (Å²) in [4.78, 5) is 4.54. The quantitative estimate of drug-likeness (QED) is 0.804. The second-order valence-corrected chi connectivity index (χ2v) is 7.33. The summed E-state index contributed by atoms with van der Waals surface area (Å²) in [5.74, 6) is 3.15. The Morgan fingerprint density at radius 1 is 1.20 bits per heavy atom. The van der Waals surface area contributed by atoms with Gasteiger partial charge in [-0.15, -0.1) is 11.6 Å². The van der Waals surface area contributed by atoms with Crippen LogP contribution in [0.4, 0.5) is 5.82 Å². The first-order chi connectivity index (χ1) is 9.50. The van der Waals surface area contributed by atoms with Gasteiger partial charge in [0.15, 0.2) is 0 Å². The lowest BCUT2D eigenvalue weighted by Crippen LogP contribution is -2.27. The van der Waals surface area contributed by atoms with Gasteiger partial charge in [-0.1, -0.05) is 39.7 Å². The van der Waals surface area contributed by atoms with Crippen molar-refractivity contribution in [2.75, 3.05) is 17.7 Å². The van der Waals surface area contributed by atoms with Gasteiger partial charge in [0, 0.05) is 18.6 Å². The molecule has 1 aliphatic rings. The van der Waals surface area contributed by atoms with Crippen LogP contribution in [0.1, 0.15) is 52.0 Å². The zero-order valence-electron chi connectivity index (χ0n) is 13.0. The minimum atomic E-state index is 0.165. The van der Waals surface area contributed by atoms with Crippen molar-refractivity contribution in [2.45, 2.75) is 51.9 Å². The van der Waals surface area contributed by atoms with Crippen molar-refractivity contribution >= 4 is 17.4 Å². The molecule has 1 aromatic rings. The van der Waals surface area contributed by atoms with E-state index in [1.54, 1.807) is 0 Å². The van der Waals surface area contributed by atoms with Crippen molar-refractivity contribution in [1.29, 1.82) is 0 Å². The Morgan fingerprint density at radius 2 is 1.90 bits per heavy atom. The minimum absolute atomic E-state index is 0.165. The average molecular weight is 295 g/mol. The van der Waals surface area contributed by atoms with Crippen LogP contribution in [-0.4, -0.2) is 17.4 Å². The first-order valence-corrected chi connectivity index (χ1v) is 8.30. The largest absolute Gasteiger partial charge is 0.370 e. The highest BCUT2D eigenvalue weighted by Gasteiger charge is 2.24. The summed E-state index contributed by atoms with van der Waals surface area (Å²) in [6.07, 6.45) is 7.25. The molecule has 2 rings (SSSR count). The number of alkyl halides is 1. The summed E-state index contributed by atoms with van der Waals surface area (Å²) in [6.45, 7) is 7.64. The summed E-state index contributed by atoms with van der Waals surface area (Å²) < 4.78 is 0. The van der Waals surface area contributed by atoms with E-state index in [0.717, 1.165) is 18.2 Å². The highest BCUT2D eigenvalue weighted by Crippen LogP contribution is 2.31.